The average molecular weight is 453 g/mol. The summed E-state index contributed by atoms with van der Waals surface area (Å²) < 4.78 is 28.6. The molecule has 0 spiro atoms. The van der Waals surface area contributed by atoms with E-state index in [1.54, 1.807) is 24.4 Å². The molecule has 8 heteroatoms. The number of aromatic nitrogens is 1. The summed E-state index contributed by atoms with van der Waals surface area (Å²) in [6.07, 6.45) is 1.69. The van der Waals surface area contributed by atoms with Crippen molar-refractivity contribution in [3.05, 3.63) is 63.7 Å². The molecule has 4 rings (SSSR count). The molecule has 0 aliphatic carbocycles. The van der Waals surface area contributed by atoms with Crippen LogP contribution in [-0.4, -0.2) is 24.8 Å². The first-order valence-electron chi connectivity index (χ1n) is 7.95. The van der Waals surface area contributed by atoms with E-state index in [-0.39, 0.29) is 10.9 Å². The summed E-state index contributed by atoms with van der Waals surface area (Å²) >= 11 is 9.37. The van der Waals surface area contributed by atoms with Gasteiger partial charge < -0.3 is 5.32 Å². The van der Waals surface area contributed by atoms with Crippen molar-refractivity contribution < 1.29 is 8.42 Å². The van der Waals surface area contributed by atoms with Crippen LogP contribution in [0.25, 0.3) is 10.9 Å². The van der Waals surface area contributed by atoms with E-state index in [4.69, 9.17) is 11.6 Å². The first-order chi connectivity index (χ1) is 12.4. The fourth-order valence-electron chi connectivity index (χ4n) is 3.14. The third-order valence-corrected chi connectivity index (χ3v) is 6.84. The summed E-state index contributed by atoms with van der Waals surface area (Å²) in [4.78, 5) is 4.58. The van der Waals surface area contributed by atoms with Crippen molar-refractivity contribution in [1.29, 1.82) is 0 Å². The minimum atomic E-state index is -3.74. The van der Waals surface area contributed by atoms with E-state index < -0.39 is 10.0 Å². The maximum atomic E-state index is 13.2. The van der Waals surface area contributed by atoms with Crippen molar-refractivity contribution in [2.24, 2.45) is 4.99 Å². The van der Waals surface area contributed by atoms with Gasteiger partial charge in [0, 0.05) is 26.6 Å². The quantitative estimate of drug-likeness (QED) is 0.642. The molecule has 5 nitrogen and oxygen atoms in total. The minimum Gasteiger partial charge on any atom is -0.365 e. The highest BCUT2D eigenvalue weighted by atomic mass is 79.9. The number of amidine groups is 1. The smallest absolute Gasteiger partial charge is 0.268 e. The van der Waals surface area contributed by atoms with E-state index in [1.807, 2.05) is 19.1 Å². The third-order valence-electron chi connectivity index (χ3n) is 4.40. The number of rotatable bonds is 3. The first kappa shape index (κ1) is 17.6. The van der Waals surface area contributed by atoms with Crippen LogP contribution >= 0.6 is 27.5 Å². The van der Waals surface area contributed by atoms with Crippen LogP contribution in [-0.2, 0) is 10.0 Å². The Balaban J connectivity index is 1.92. The molecule has 0 fully saturated rings. The van der Waals surface area contributed by atoms with Gasteiger partial charge in [-0.1, -0.05) is 27.5 Å². The van der Waals surface area contributed by atoms with Crippen LogP contribution in [0.3, 0.4) is 0 Å². The van der Waals surface area contributed by atoms with Crippen molar-refractivity contribution in [2.45, 2.75) is 17.9 Å². The molecule has 1 aliphatic heterocycles. The summed E-state index contributed by atoms with van der Waals surface area (Å²) in [7, 11) is -3.74. The lowest BCUT2D eigenvalue weighted by atomic mass is 10.1. The molecular weight excluding hydrogens is 438 g/mol. The van der Waals surface area contributed by atoms with Crippen LogP contribution in [0, 0.1) is 0 Å². The van der Waals surface area contributed by atoms with Crippen molar-refractivity contribution in [3.63, 3.8) is 0 Å². The van der Waals surface area contributed by atoms with Gasteiger partial charge in [0.1, 0.15) is 0 Å². The van der Waals surface area contributed by atoms with Gasteiger partial charge in [0.05, 0.1) is 28.8 Å². The van der Waals surface area contributed by atoms with Gasteiger partial charge in [-0.15, -0.1) is 0 Å². The fraction of sp³-hybridized carbons (Fsp3) is 0.167. The first-order valence-corrected chi connectivity index (χ1v) is 10.6. The lowest BCUT2D eigenvalue weighted by Gasteiger charge is -2.09. The summed E-state index contributed by atoms with van der Waals surface area (Å²) in [6.45, 7) is 2.48. The molecule has 0 amide bonds. The van der Waals surface area contributed by atoms with Gasteiger partial charge in [-0.2, -0.15) is 0 Å². The van der Waals surface area contributed by atoms with Gasteiger partial charge in [0.2, 0.25) is 0 Å². The molecule has 1 aliphatic rings. The van der Waals surface area contributed by atoms with Crippen LogP contribution in [0.2, 0.25) is 5.02 Å². The van der Waals surface area contributed by atoms with Gasteiger partial charge in [0.25, 0.3) is 10.0 Å². The highest BCUT2D eigenvalue weighted by Crippen LogP contribution is 2.33. The predicted molar refractivity (Wildman–Crippen MR) is 108 cm³/mol. The highest BCUT2D eigenvalue weighted by Gasteiger charge is 2.26. The number of halogens is 2. The van der Waals surface area contributed by atoms with Crippen LogP contribution in [0.5, 0.6) is 0 Å². The van der Waals surface area contributed by atoms with E-state index in [2.05, 4.69) is 26.2 Å². The van der Waals surface area contributed by atoms with Crippen molar-refractivity contribution in [2.75, 3.05) is 6.54 Å². The Hall–Kier alpha value is -1.83. The Morgan fingerprint density at radius 2 is 1.96 bits per heavy atom. The van der Waals surface area contributed by atoms with Gasteiger partial charge in [-0.3, -0.25) is 4.99 Å². The molecular formula is C18H15BrClN3O2S. The van der Waals surface area contributed by atoms with E-state index >= 15 is 0 Å². The van der Waals surface area contributed by atoms with Crippen LogP contribution in [0.1, 0.15) is 18.5 Å². The second kappa shape index (κ2) is 6.40. The Labute approximate surface area is 164 Å². The predicted octanol–water partition coefficient (Wildman–Crippen LogP) is 4.36. The average Bonchev–Trinajstić information content (AvgIpc) is 3.18. The number of hydrogen-bond acceptors (Lipinski definition) is 4. The Bertz CT molecular complexity index is 1140. The van der Waals surface area contributed by atoms with E-state index in [9.17, 15) is 8.42 Å². The molecule has 2 aromatic carbocycles. The Morgan fingerprint density at radius 3 is 2.62 bits per heavy atom. The maximum Gasteiger partial charge on any atom is 0.268 e. The van der Waals surface area contributed by atoms with E-state index in [1.165, 1.54) is 16.1 Å². The molecule has 26 heavy (non-hydrogen) atoms. The minimum absolute atomic E-state index is 0.0477. The largest absolute Gasteiger partial charge is 0.365 e. The molecule has 3 aromatic rings. The Kier molecular flexibility index (Phi) is 4.33. The molecule has 1 N–H and O–H groups in total. The zero-order chi connectivity index (χ0) is 18.5. The number of fused-ring (bicyclic) bond motifs is 1. The normalized spacial score (nSPS) is 17.3. The molecule has 0 bridgehead atoms. The van der Waals surface area contributed by atoms with Crippen molar-refractivity contribution in [3.8, 4) is 0 Å². The van der Waals surface area contributed by atoms with Gasteiger partial charge >= 0.3 is 0 Å². The van der Waals surface area contributed by atoms with Crippen LogP contribution in [0.4, 0.5) is 0 Å². The molecule has 2 heterocycles. The van der Waals surface area contributed by atoms with E-state index in [0.717, 1.165) is 21.3 Å². The summed E-state index contributed by atoms with van der Waals surface area (Å²) in [6, 6.07) is 11.7. The number of benzene rings is 2. The molecule has 0 saturated heterocycles. The number of hydrogen-bond donors (Lipinski definition) is 1. The Morgan fingerprint density at radius 1 is 1.23 bits per heavy atom. The highest BCUT2D eigenvalue weighted by molar-refractivity contribution is 9.10. The molecule has 134 valence electrons. The topological polar surface area (TPSA) is 63.5 Å². The monoisotopic (exact) mass is 451 g/mol. The molecule has 0 radical (unpaired) electrons. The zero-order valence-corrected chi connectivity index (χ0v) is 16.9. The van der Waals surface area contributed by atoms with E-state index in [0.29, 0.717) is 17.1 Å². The van der Waals surface area contributed by atoms with Gasteiger partial charge in [-0.05, 0) is 49.4 Å². The lowest BCUT2D eigenvalue weighted by molar-refractivity contribution is 0.588. The summed E-state index contributed by atoms with van der Waals surface area (Å²) in [5.74, 6) is 0.853. The third kappa shape index (κ3) is 2.94. The molecule has 1 unspecified atom stereocenters. The second-order valence-corrected chi connectivity index (χ2v) is 9.29. The number of nitrogens with zero attached hydrogens (tertiary/aromatic N) is 2. The number of nitrogens with one attached hydrogen (secondary N) is 1. The maximum absolute atomic E-state index is 13.2. The van der Waals surface area contributed by atoms with Crippen LogP contribution in [0.15, 0.2) is 63.0 Å². The van der Waals surface area contributed by atoms with Crippen LogP contribution < -0.4 is 5.32 Å². The number of aliphatic imine (C=N–C) groups is 1. The molecule has 0 saturated carbocycles. The summed E-state index contributed by atoms with van der Waals surface area (Å²) in [5.41, 5.74) is 1.53. The van der Waals surface area contributed by atoms with Crippen molar-refractivity contribution in [1.82, 2.24) is 9.29 Å². The fourth-order valence-corrected chi connectivity index (χ4v) is 5.01. The van der Waals surface area contributed by atoms with Crippen molar-refractivity contribution >= 4 is 54.3 Å². The van der Waals surface area contributed by atoms with Gasteiger partial charge in [-0.25, -0.2) is 12.4 Å². The SMILES string of the molecule is CC1=NCC(c2cn(S(=O)(=O)c3ccc(Cl)cc3)c3ccc(Br)cc23)N1. The second-order valence-electron chi connectivity index (χ2n) is 6.12. The molecule has 1 atom stereocenters. The lowest BCUT2D eigenvalue weighted by Crippen LogP contribution is -2.20. The molecule has 1 aromatic heterocycles. The van der Waals surface area contributed by atoms with Gasteiger partial charge in [0.15, 0.2) is 0 Å². The summed E-state index contributed by atoms with van der Waals surface area (Å²) in [5, 5.41) is 4.67. The zero-order valence-electron chi connectivity index (χ0n) is 13.8. The standard InChI is InChI=1S/C18H15BrClN3O2S/c1-11-21-9-17(22-11)16-10-23(18-7-2-12(19)8-15(16)18)26(24,25)14-5-3-13(20)4-6-14/h2-8,10,17H,9H2,1H3,(H,21,22).